The van der Waals surface area contributed by atoms with Crippen molar-refractivity contribution in [3.63, 3.8) is 0 Å². The smallest absolute Gasteiger partial charge is 0.0959 e. The van der Waals surface area contributed by atoms with Gasteiger partial charge in [0.15, 0.2) is 0 Å². The summed E-state index contributed by atoms with van der Waals surface area (Å²) < 4.78 is 0. The molecule has 1 unspecified atom stereocenters. The van der Waals surface area contributed by atoms with Gasteiger partial charge < -0.3 is 5.32 Å². The predicted octanol–water partition coefficient (Wildman–Crippen LogP) is 3.76. The van der Waals surface area contributed by atoms with Crippen LogP contribution in [0.25, 0.3) is 0 Å². The lowest BCUT2D eigenvalue weighted by Crippen LogP contribution is -2.21. The SMILES string of the molecule is CNCC(c1csc(C2CCCC2)n1)C(C)C. The van der Waals surface area contributed by atoms with Gasteiger partial charge in [-0.3, -0.25) is 0 Å². The van der Waals surface area contributed by atoms with Crippen LogP contribution in [0.2, 0.25) is 0 Å². The van der Waals surface area contributed by atoms with E-state index in [0.717, 1.165) is 12.5 Å². The molecule has 2 nitrogen and oxygen atoms in total. The normalized spacial score (nSPS) is 19.1. The van der Waals surface area contributed by atoms with Crippen molar-refractivity contribution < 1.29 is 0 Å². The van der Waals surface area contributed by atoms with Gasteiger partial charge in [-0.15, -0.1) is 11.3 Å². The first-order valence-electron chi connectivity index (χ1n) is 6.82. The van der Waals surface area contributed by atoms with E-state index in [9.17, 15) is 0 Å². The van der Waals surface area contributed by atoms with Gasteiger partial charge in [-0.1, -0.05) is 26.7 Å². The standard InChI is InChI=1S/C14H24N2S/c1-10(2)12(8-15-3)13-9-17-14(16-13)11-6-4-5-7-11/h9-12,15H,4-8H2,1-3H3. The van der Waals surface area contributed by atoms with Crippen molar-refractivity contribution >= 4 is 11.3 Å². The lowest BCUT2D eigenvalue weighted by Gasteiger charge is -2.18. The molecule has 1 atom stereocenters. The van der Waals surface area contributed by atoms with Gasteiger partial charge in [-0.2, -0.15) is 0 Å². The summed E-state index contributed by atoms with van der Waals surface area (Å²) in [6, 6.07) is 0. The van der Waals surface area contributed by atoms with Crippen LogP contribution in [0.15, 0.2) is 5.38 Å². The van der Waals surface area contributed by atoms with E-state index in [2.05, 4.69) is 24.5 Å². The number of hydrogen-bond donors (Lipinski definition) is 1. The Balaban J connectivity index is 2.09. The van der Waals surface area contributed by atoms with Crippen molar-refractivity contribution in [1.82, 2.24) is 10.3 Å². The van der Waals surface area contributed by atoms with Crippen LogP contribution in [0.3, 0.4) is 0 Å². The minimum Gasteiger partial charge on any atom is -0.319 e. The number of thiazole rings is 1. The molecule has 1 fully saturated rings. The molecule has 1 aromatic rings. The van der Waals surface area contributed by atoms with Gasteiger partial charge in [0, 0.05) is 23.8 Å². The van der Waals surface area contributed by atoms with Crippen LogP contribution in [0, 0.1) is 5.92 Å². The molecule has 0 saturated heterocycles. The van der Waals surface area contributed by atoms with Gasteiger partial charge in [-0.05, 0) is 25.8 Å². The van der Waals surface area contributed by atoms with Crippen molar-refractivity contribution in [2.75, 3.05) is 13.6 Å². The third-order valence-electron chi connectivity index (χ3n) is 3.85. The third-order valence-corrected chi connectivity index (χ3v) is 4.88. The monoisotopic (exact) mass is 252 g/mol. The molecule has 2 rings (SSSR count). The molecule has 0 radical (unpaired) electrons. The fourth-order valence-electron chi connectivity index (χ4n) is 2.73. The lowest BCUT2D eigenvalue weighted by atomic mass is 9.93. The summed E-state index contributed by atoms with van der Waals surface area (Å²) in [6.07, 6.45) is 5.49. The summed E-state index contributed by atoms with van der Waals surface area (Å²) in [5.74, 6) is 1.98. The summed E-state index contributed by atoms with van der Waals surface area (Å²) in [7, 11) is 2.03. The fraction of sp³-hybridized carbons (Fsp3) is 0.786. The number of rotatable bonds is 5. The van der Waals surface area contributed by atoms with E-state index in [0.29, 0.717) is 11.8 Å². The fourth-order valence-corrected chi connectivity index (χ4v) is 3.79. The highest BCUT2D eigenvalue weighted by molar-refractivity contribution is 7.09. The number of aromatic nitrogens is 1. The van der Waals surface area contributed by atoms with E-state index in [1.807, 2.05) is 18.4 Å². The van der Waals surface area contributed by atoms with E-state index in [1.165, 1.54) is 36.4 Å². The zero-order valence-corrected chi connectivity index (χ0v) is 12.0. The molecule has 1 aliphatic carbocycles. The zero-order valence-electron chi connectivity index (χ0n) is 11.2. The molecule has 0 aliphatic heterocycles. The van der Waals surface area contributed by atoms with Crippen molar-refractivity contribution in [3.8, 4) is 0 Å². The van der Waals surface area contributed by atoms with E-state index >= 15 is 0 Å². The Hall–Kier alpha value is -0.410. The highest BCUT2D eigenvalue weighted by atomic mass is 32.1. The molecule has 1 heterocycles. The Labute approximate surface area is 109 Å². The Kier molecular flexibility index (Phi) is 4.57. The number of hydrogen-bond acceptors (Lipinski definition) is 3. The Morgan fingerprint density at radius 3 is 2.71 bits per heavy atom. The van der Waals surface area contributed by atoms with Crippen LogP contribution in [-0.2, 0) is 0 Å². The van der Waals surface area contributed by atoms with Crippen LogP contribution in [0.4, 0.5) is 0 Å². The molecule has 3 heteroatoms. The largest absolute Gasteiger partial charge is 0.319 e. The molecular weight excluding hydrogens is 228 g/mol. The second-order valence-electron chi connectivity index (χ2n) is 5.50. The van der Waals surface area contributed by atoms with Crippen LogP contribution >= 0.6 is 11.3 Å². The molecule has 1 saturated carbocycles. The van der Waals surface area contributed by atoms with Gasteiger partial charge in [0.25, 0.3) is 0 Å². The van der Waals surface area contributed by atoms with Gasteiger partial charge in [0.2, 0.25) is 0 Å². The summed E-state index contributed by atoms with van der Waals surface area (Å²) in [5, 5.41) is 6.97. The molecule has 96 valence electrons. The van der Waals surface area contributed by atoms with Crippen LogP contribution in [0.1, 0.15) is 62.1 Å². The summed E-state index contributed by atoms with van der Waals surface area (Å²) >= 11 is 1.88. The topological polar surface area (TPSA) is 24.9 Å². The van der Waals surface area contributed by atoms with E-state index in [-0.39, 0.29) is 0 Å². The van der Waals surface area contributed by atoms with Crippen molar-refractivity contribution in [3.05, 3.63) is 16.1 Å². The van der Waals surface area contributed by atoms with E-state index in [4.69, 9.17) is 4.98 Å². The average Bonchev–Trinajstić information content (AvgIpc) is 2.95. The predicted molar refractivity (Wildman–Crippen MR) is 74.8 cm³/mol. The van der Waals surface area contributed by atoms with Gasteiger partial charge >= 0.3 is 0 Å². The lowest BCUT2D eigenvalue weighted by molar-refractivity contribution is 0.469. The Morgan fingerprint density at radius 2 is 2.12 bits per heavy atom. The maximum atomic E-state index is 4.91. The van der Waals surface area contributed by atoms with Gasteiger partial charge in [0.1, 0.15) is 0 Å². The molecular formula is C14H24N2S. The molecule has 0 aromatic carbocycles. The van der Waals surface area contributed by atoms with E-state index < -0.39 is 0 Å². The van der Waals surface area contributed by atoms with Crippen LogP contribution in [0.5, 0.6) is 0 Å². The van der Waals surface area contributed by atoms with Crippen molar-refractivity contribution in [2.24, 2.45) is 5.92 Å². The Bertz CT molecular complexity index is 340. The Morgan fingerprint density at radius 1 is 1.41 bits per heavy atom. The summed E-state index contributed by atoms with van der Waals surface area (Å²) in [5.41, 5.74) is 1.31. The van der Waals surface area contributed by atoms with Gasteiger partial charge in [-0.25, -0.2) is 4.98 Å². The molecule has 0 bridgehead atoms. The summed E-state index contributed by atoms with van der Waals surface area (Å²) in [6.45, 7) is 5.61. The quantitative estimate of drug-likeness (QED) is 0.863. The highest BCUT2D eigenvalue weighted by Gasteiger charge is 2.23. The average molecular weight is 252 g/mol. The summed E-state index contributed by atoms with van der Waals surface area (Å²) in [4.78, 5) is 4.91. The number of nitrogens with one attached hydrogen (secondary N) is 1. The van der Waals surface area contributed by atoms with Crippen LogP contribution in [-0.4, -0.2) is 18.6 Å². The molecule has 1 N–H and O–H groups in total. The van der Waals surface area contributed by atoms with Crippen molar-refractivity contribution in [1.29, 1.82) is 0 Å². The maximum Gasteiger partial charge on any atom is 0.0959 e. The second kappa shape index (κ2) is 5.96. The molecule has 0 spiro atoms. The van der Waals surface area contributed by atoms with E-state index in [1.54, 1.807) is 0 Å². The van der Waals surface area contributed by atoms with Crippen molar-refractivity contribution in [2.45, 2.75) is 51.4 Å². The minimum atomic E-state index is 0.561. The number of nitrogens with zero attached hydrogens (tertiary/aromatic N) is 1. The zero-order chi connectivity index (χ0) is 12.3. The first kappa shape index (κ1) is 13.0. The highest BCUT2D eigenvalue weighted by Crippen LogP contribution is 2.37. The second-order valence-corrected chi connectivity index (χ2v) is 6.39. The first-order chi connectivity index (χ1) is 8.22. The van der Waals surface area contributed by atoms with Gasteiger partial charge in [0.05, 0.1) is 10.7 Å². The molecule has 1 aromatic heterocycles. The first-order valence-corrected chi connectivity index (χ1v) is 7.70. The maximum absolute atomic E-state index is 4.91. The van der Waals surface area contributed by atoms with Crippen LogP contribution < -0.4 is 5.32 Å². The third kappa shape index (κ3) is 3.08. The minimum absolute atomic E-state index is 0.561. The molecule has 1 aliphatic rings. The molecule has 17 heavy (non-hydrogen) atoms. The number of likely N-dealkylation sites (N-methyl/N-ethyl adjacent to an activating group) is 1. The molecule has 0 amide bonds.